The number of thiophene rings is 1. The van der Waals surface area contributed by atoms with Crippen molar-refractivity contribution >= 4 is 17.0 Å². The molecule has 0 aliphatic rings. The van der Waals surface area contributed by atoms with Crippen molar-refractivity contribution in [2.45, 2.75) is 27.3 Å². The van der Waals surface area contributed by atoms with Crippen LogP contribution in [0.3, 0.4) is 0 Å². The fourth-order valence-corrected chi connectivity index (χ4v) is 2.67. The van der Waals surface area contributed by atoms with Crippen molar-refractivity contribution < 1.29 is 0 Å². The second-order valence-electron chi connectivity index (χ2n) is 4.16. The lowest BCUT2D eigenvalue weighted by atomic mass is 10.2. The van der Waals surface area contributed by atoms with Gasteiger partial charge in [-0.05, 0) is 44.5 Å². The van der Waals surface area contributed by atoms with E-state index in [1.54, 1.807) is 0 Å². The number of anilines is 1. The first-order valence-corrected chi connectivity index (χ1v) is 6.33. The lowest BCUT2D eigenvalue weighted by molar-refractivity contribution is 1.14. The molecule has 0 aliphatic heterocycles. The maximum atomic E-state index is 3.45. The van der Waals surface area contributed by atoms with E-state index in [0.717, 1.165) is 6.54 Å². The van der Waals surface area contributed by atoms with E-state index in [9.17, 15) is 0 Å². The molecule has 0 radical (unpaired) electrons. The molecule has 1 N–H and O–H groups in total. The molecule has 16 heavy (non-hydrogen) atoms. The molecule has 0 saturated heterocycles. The molecule has 0 unspecified atom stereocenters. The lowest BCUT2D eigenvalue weighted by Crippen LogP contribution is -1.99. The molecule has 2 rings (SSSR count). The van der Waals surface area contributed by atoms with Gasteiger partial charge >= 0.3 is 0 Å². The molecule has 1 aromatic heterocycles. The van der Waals surface area contributed by atoms with E-state index in [4.69, 9.17) is 0 Å². The minimum Gasteiger partial charge on any atom is -0.381 e. The average molecular weight is 231 g/mol. The molecular weight excluding hydrogens is 214 g/mol. The summed E-state index contributed by atoms with van der Waals surface area (Å²) >= 11 is 1.87. The number of benzene rings is 1. The zero-order chi connectivity index (χ0) is 11.5. The fourth-order valence-electron chi connectivity index (χ4n) is 1.73. The Labute approximate surface area is 101 Å². The molecular formula is C14H17NS. The van der Waals surface area contributed by atoms with E-state index in [1.165, 1.54) is 26.6 Å². The smallest absolute Gasteiger partial charge is 0.0411 e. The van der Waals surface area contributed by atoms with Gasteiger partial charge in [0.05, 0.1) is 0 Å². The highest BCUT2D eigenvalue weighted by molar-refractivity contribution is 7.12. The zero-order valence-corrected chi connectivity index (χ0v) is 10.8. The normalized spacial score (nSPS) is 10.4. The van der Waals surface area contributed by atoms with Crippen LogP contribution in [0.5, 0.6) is 0 Å². The van der Waals surface area contributed by atoms with Crippen LogP contribution in [0.1, 0.15) is 20.9 Å². The summed E-state index contributed by atoms with van der Waals surface area (Å²) in [6.07, 6.45) is 0. The van der Waals surface area contributed by atoms with Gasteiger partial charge in [-0.1, -0.05) is 17.7 Å². The van der Waals surface area contributed by atoms with Crippen LogP contribution in [0.2, 0.25) is 0 Å². The maximum absolute atomic E-state index is 3.45. The third-order valence-electron chi connectivity index (χ3n) is 2.68. The predicted octanol–water partition coefficient (Wildman–Crippen LogP) is 4.29. The van der Waals surface area contributed by atoms with E-state index in [0.29, 0.717) is 0 Å². The molecule has 84 valence electrons. The molecule has 1 heterocycles. The monoisotopic (exact) mass is 231 g/mol. The zero-order valence-electron chi connectivity index (χ0n) is 10.0. The van der Waals surface area contributed by atoms with Gasteiger partial charge in [0.25, 0.3) is 0 Å². The third-order valence-corrected chi connectivity index (χ3v) is 3.69. The Kier molecular flexibility index (Phi) is 3.30. The van der Waals surface area contributed by atoms with Crippen LogP contribution in [0.25, 0.3) is 0 Å². The summed E-state index contributed by atoms with van der Waals surface area (Å²) in [4.78, 5) is 2.80. The molecule has 2 heteroatoms. The number of nitrogens with one attached hydrogen (secondary N) is 1. The minimum absolute atomic E-state index is 0.916. The van der Waals surface area contributed by atoms with Crippen molar-refractivity contribution in [3.05, 3.63) is 51.2 Å². The summed E-state index contributed by atoms with van der Waals surface area (Å²) in [7, 11) is 0. The Morgan fingerprint density at radius 1 is 1.06 bits per heavy atom. The standard InChI is InChI=1S/C14H17NS/c1-10-4-6-14(7-5-10)15-9-13-8-11(2)16-12(13)3/h4-8,15H,9H2,1-3H3. The number of hydrogen-bond donors (Lipinski definition) is 1. The Balaban J connectivity index is 2.02. The van der Waals surface area contributed by atoms with Crippen LogP contribution in [0.15, 0.2) is 30.3 Å². The summed E-state index contributed by atoms with van der Waals surface area (Å²) in [5.41, 5.74) is 3.89. The molecule has 0 saturated carbocycles. The summed E-state index contributed by atoms with van der Waals surface area (Å²) in [6, 6.07) is 10.8. The molecule has 2 aromatic rings. The van der Waals surface area contributed by atoms with Gasteiger partial charge in [-0.25, -0.2) is 0 Å². The van der Waals surface area contributed by atoms with Gasteiger partial charge in [-0.2, -0.15) is 0 Å². The first kappa shape index (κ1) is 11.2. The van der Waals surface area contributed by atoms with Gasteiger partial charge in [0.2, 0.25) is 0 Å². The first-order valence-electron chi connectivity index (χ1n) is 5.51. The summed E-state index contributed by atoms with van der Waals surface area (Å²) < 4.78 is 0. The first-order chi connectivity index (χ1) is 7.65. The molecule has 0 amide bonds. The van der Waals surface area contributed by atoms with Crippen molar-refractivity contribution in [3.8, 4) is 0 Å². The van der Waals surface area contributed by atoms with Crippen molar-refractivity contribution in [1.82, 2.24) is 0 Å². The third kappa shape index (κ3) is 2.64. The van der Waals surface area contributed by atoms with Gasteiger partial charge in [0, 0.05) is 22.0 Å². The van der Waals surface area contributed by atoms with Crippen LogP contribution in [0.4, 0.5) is 5.69 Å². The van der Waals surface area contributed by atoms with E-state index in [-0.39, 0.29) is 0 Å². The average Bonchev–Trinajstić information content (AvgIpc) is 2.57. The van der Waals surface area contributed by atoms with Crippen LogP contribution in [-0.4, -0.2) is 0 Å². The van der Waals surface area contributed by atoms with Crippen molar-refractivity contribution in [2.75, 3.05) is 5.32 Å². The second-order valence-corrected chi connectivity index (χ2v) is 5.62. The highest BCUT2D eigenvalue weighted by Crippen LogP contribution is 2.21. The number of hydrogen-bond acceptors (Lipinski definition) is 2. The molecule has 0 bridgehead atoms. The van der Waals surface area contributed by atoms with E-state index in [2.05, 4.69) is 56.4 Å². The maximum Gasteiger partial charge on any atom is 0.0411 e. The van der Waals surface area contributed by atoms with E-state index >= 15 is 0 Å². The Morgan fingerprint density at radius 3 is 2.31 bits per heavy atom. The summed E-state index contributed by atoms with van der Waals surface area (Å²) in [5.74, 6) is 0. The summed E-state index contributed by atoms with van der Waals surface area (Å²) in [5, 5.41) is 3.45. The van der Waals surface area contributed by atoms with Crippen molar-refractivity contribution in [2.24, 2.45) is 0 Å². The molecule has 0 fully saturated rings. The Bertz CT molecular complexity index is 468. The van der Waals surface area contributed by atoms with Gasteiger partial charge in [0.1, 0.15) is 0 Å². The minimum atomic E-state index is 0.916. The lowest BCUT2D eigenvalue weighted by Gasteiger charge is -2.06. The van der Waals surface area contributed by atoms with Crippen LogP contribution in [0, 0.1) is 20.8 Å². The highest BCUT2D eigenvalue weighted by Gasteiger charge is 2.02. The quantitative estimate of drug-likeness (QED) is 0.831. The predicted molar refractivity (Wildman–Crippen MR) is 72.3 cm³/mol. The number of aryl methyl sites for hydroxylation is 3. The van der Waals surface area contributed by atoms with E-state index in [1.807, 2.05) is 11.3 Å². The molecule has 0 atom stereocenters. The Morgan fingerprint density at radius 2 is 1.75 bits per heavy atom. The van der Waals surface area contributed by atoms with Gasteiger partial charge in [-0.3, -0.25) is 0 Å². The van der Waals surface area contributed by atoms with Crippen LogP contribution < -0.4 is 5.32 Å². The SMILES string of the molecule is Cc1ccc(NCc2cc(C)sc2C)cc1. The molecule has 0 aliphatic carbocycles. The molecule has 0 spiro atoms. The van der Waals surface area contributed by atoms with Gasteiger partial charge < -0.3 is 5.32 Å². The Hall–Kier alpha value is -1.28. The highest BCUT2D eigenvalue weighted by atomic mass is 32.1. The van der Waals surface area contributed by atoms with Gasteiger partial charge in [-0.15, -0.1) is 11.3 Å². The summed E-state index contributed by atoms with van der Waals surface area (Å²) in [6.45, 7) is 7.37. The topological polar surface area (TPSA) is 12.0 Å². The van der Waals surface area contributed by atoms with Crippen LogP contribution in [-0.2, 0) is 6.54 Å². The van der Waals surface area contributed by atoms with Crippen LogP contribution >= 0.6 is 11.3 Å². The van der Waals surface area contributed by atoms with Crippen molar-refractivity contribution in [1.29, 1.82) is 0 Å². The molecule has 1 aromatic carbocycles. The number of rotatable bonds is 3. The molecule has 1 nitrogen and oxygen atoms in total. The van der Waals surface area contributed by atoms with E-state index < -0.39 is 0 Å². The second kappa shape index (κ2) is 4.71. The fraction of sp³-hybridized carbons (Fsp3) is 0.286. The largest absolute Gasteiger partial charge is 0.381 e. The van der Waals surface area contributed by atoms with Gasteiger partial charge in [0.15, 0.2) is 0 Å². The van der Waals surface area contributed by atoms with Crippen molar-refractivity contribution in [3.63, 3.8) is 0 Å².